The van der Waals surface area contributed by atoms with Crippen LogP contribution in [0.15, 0.2) is 72.8 Å². The first-order valence-electron chi connectivity index (χ1n) is 10.8. The van der Waals surface area contributed by atoms with Crippen LogP contribution in [0.4, 0.5) is 5.69 Å². The number of para-hydroxylation sites is 3. The van der Waals surface area contributed by atoms with Crippen LogP contribution in [-0.4, -0.2) is 33.0 Å². The lowest BCUT2D eigenvalue weighted by atomic mass is 10.2. The predicted molar refractivity (Wildman–Crippen MR) is 128 cm³/mol. The average molecular weight is 438 g/mol. The molecule has 0 aliphatic rings. The maximum absolute atomic E-state index is 12.7. The molecule has 0 fully saturated rings. The minimum Gasteiger partial charge on any atom is -0.462 e. The maximum atomic E-state index is 12.7. The van der Waals surface area contributed by atoms with Gasteiger partial charge in [0.2, 0.25) is 5.91 Å². The van der Waals surface area contributed by atoms with Crippen molar-refractivity contribution in [3.8, 4) is 0 Å². The summed E-state index contributed by atoms with van der Waals surface area (Å²) >= 11 is 0. The minimum absolute atomic E-state index is 0.126. The second kappa shape index (κ2) is 8.70. The SMILES string of the molecule is CCOC(=O)c1ccc(NC(=O)CCn2c3ccccc3c3nc4ccccc4nc32)cc1. The maximum Gasteiger partial charge on any atom is 0.338 e. The van der Waals surface area contributed by atoms with Gasteiger partial charge >= 0.3 is 5.97 Å². The molecule has 5 aromatic rings. The van der Waals surface area contributed by atoms with E-state index in [1.54, 1.807) is 31.2 Å². The molecule has 0 atom stereocenters. The lowest BCUT2D eigenvalue weighted by Crippen LogP contribution is -2.15. The number of hydrogen-bond donors (Lipinski definition) is 1. The first kappa shape index (κ1) is 20.6. The van der Waals surface area contributed by atoms with Crippen molar-refractivity contribution in [3.05, 3.63) is 78.4 Å². The number of esters is 1. The van der Waals surface area contributed by atoms with E-state index in [1.807, 2.05) is 53.1 Å². The molecule has 2 aromatic heterocycles. The molecule has 0 aliphatic carbocycles. The van der Waals surface area contributed by atoms with Crippen molar-refractivity contribution >= 4 is 50.7 Å². The standard InChI is InChI=1S/C26H22N4O3/c1-2-33-26(32)17-11-13-18(14-12-17)27-23(31)15-16-30-22-10-6-3-7-19(22)24-25(30)29-21-9-5-4-8-20(21)28-24/h3-14H,2,15-16H2,1H3,(H,27,31). The van der Waals surface area contributed by atoms with Gasteiger partial charge in [0.25, 0.3) is 0 Å². The first-order chi connectivity index (χ1) is 16.1. The fourth-order valence-corrected chi connectivity index (χ4v) is 3.95. The Balaban J connectivity index is 1.38. The average Bonchev–Trinajstić information content (AvgIpc) is 3.14. The quantitative estimate of drug-likeness (QED) is 0.379. The number of carbonyl (C=O) groups is 2. The van der Waals surface area contributed by atoms with Gasteiger partial charge < -0.3 is 14.6 Å². The summed E-state index contributed by atoms with van der Waals surface area (Å²) in [7, 11) is 0. The molecule has 2 heterocycles. The highest BCUT2D eigenvalue weighted by Gasteiger charge is 2.15. The van der Waals surface area contributed by atoms with Crippen molar-refractivity contribution in [3.63, 3.8) is 0 Å². The van der Waals surface area contributed by atoms with Crippen LogP contribution < -0.4 is 5.32 Å². The third-order valence-corrected chi connectivity index (χ3v) is 5.50. The van der Waals surface area contributed by atoms with Crippen LogP contribution in [-0.2, 0) is 16.1 Å². The molecule has 5 rings (SSSR count). The molecular weight excluding hydrogens is 416 g/mol. The molecule has 33 heavy (non-hydrogen) atoms. The number of nitrogens with one attached hydrogen (secondary N) is 1. The van der Waals surface area contributed by atoms with Crippen molar-refractivity contribution in [2.24, 2.45) is 0 Å². The molecule has 7 heteroatoms. The van der Waals surface area contributed by atoms with Gasteiger partial charge in [0.15, 0.2) is 5.65 Å². The number of ether oxygens (including phenoxy) is 1. The molecule has 0 radical (unpaired) electrons. The summed E-state index contributed by atoms with van der Waals surface area (Å²) in [6, 6.07) is 22.5. The monoisotopic (exact) mass is 438 g/mol. The molecule has 0 aliphatic heterocycles. The summed E-state index contributed by atoms with van der Waals surface area (Å²) in [4.78, 5) is 34.1. The van der Waals surface area contributed by atoms with Crippen molar-refractivity contribution in [1.82, 2.24) is 14.5 Å². The highest BCUT2D eigenvalue weighted by Crippen LogP contribution is 2.28. The molecule has 0 spiro atoms. The van der Waals surface area contributed by atoms with Gasteiger partial charge in [-0.3, -0.25) is 4.79 Å². The topological polar surface area (TPSA) is 86.1 Å². The zero-order valence-corrected chi connectivity index (χ0v) is 18.1. The summed E-state index contributed by atoms with van der Waals surface area (Å²) in [5, 5.41) is 3.90. The van der Waals surface area contributed by atoms with Gasteiger partial charge in [0, 0.05) is 24.0 Å². The number of amides is 1. The summed E-state index contributed by atoms with van der Waals surface area (Å²) in [6.07, 6.45) is 0.266. The Morgan fingerprint density at radius 1 is 0.909 bits per heavy atom. The second-order valence-electron chi connectivity index (χ2n) is 7.65. The Kier molecular flexibility index (Phi) is 5.44. The number of anilines is 1. The highest BCUT2D eigenvalue weighted by molar-refractivity contribution is 6.06. The largest absolute Gasteiger partial charge is 0.462 e. The van der Waals surface area contributed by atoms with E-state index in [-0.39, 0.29) is 18.3 Å². The zero-order valence-electron chi connectivity index (χ0n) is 18.1. The van der Waals surface area contributed by atoms with E-state index < -0.39 is 0 Å². The number of hydrogen-bond acceptors (Lipinski definition) is 5. The van der Waals surface area contributed by atoms with Crippen LogP contribution in [0.1, 0.15) is 23.7 Å². The van der Waals surface area contributed by atoms with Crippen LogP contribution in [0.2, 0.25) is 0 Å². The lowest BCUT2D eigenvalue weighted by molar-refractivity contribution is -0.116. The number of aromatic nitrogens is 3. The smallest absolute Gasteiger partial charge is 0.338 e. The number of aryl methyl sites for hydroxylation is 1. The normalized spacial score (nSPS) is 11.2. The molecule has 0 bridgehead atoms. The Bertz CT molecular complexity index is 1490. The van der Waals surface area contributed by atoms with E-state index in [0.717, 1.165) is 33.1 Å². The van der Waals surface area contributed by atoms with Crippen LogP contribution >= 0.6 is 0 Å². The van der Waals surface area contributed by atoms with Gasteiger partial charge in [-0.05, 0) is 49.4 Å². The van der Waals surface area contributed by atoms with E-state index >= 15 is 0 Å². The molecule has 0 saturated heterocycles. The number of nitrogens with zero attached hydrogens (tertiary/aromatic N) is 3. The van der Waals surface area contributed by atoms with Gasteiger partial charge in [-0.2, -0.15) is 0 Å². The van der Waals surface area contributed by atoms with Gasteiger partial charge in [-0.1, -0.05) is 30.3 Å². The summed E-state index contributed by atoms with van der Waals surface area (Å²) in [5.74, 6) is -0.506. The van der Waals surface area contributed by atoms with Crippen molar-refractivity contribution < 1.29 is 14.3 Å². The lowest BCUT2D eigenvalue weighted by Gasteiger charge is -2.09. The molecule has 1 amide bonds. The van der Waals surface area contributed by atoms with Gasteiger partial charge in [0.05, 0.1) is 28.7 Å². The number of rotatable bonds is 6. The van der Waals surface area contributed by atoms with Gasteiger partial charge in [-0.15, -0.1) is 0 Å². The van der Waals surface area contributed by atoms with E-state index in [9.17, 15) is 9.59 Å². The molecular formula is C26H22N4O3. The number of fused-ring (bicyclic) bond motifs is 4. The molecule has 7 nitrogen and oxygen atoms in total. The third kappa shape index (κ3) is 4.01. The van der Waals surface area contributed by atoms with Crippen molar-refractivity contribution in [2.45, 2.75) is 19.9 Å². The van der Waals surface area contributed by atoms with Gasteiger partial charge in [-0.25, -0.2) is 14.8 Å². The fraction of sp³-hybridized carbons (Fsp3) is 0.154. The second-order valence-corrected chi connectivity index (χ2v) is 7.65. The predicted octanol–water partition coefficient (Wildman–Crippen LogP) is 4.94. The zero-order chi connectivity index (χ0) is 22.8. The highest BCUT2D eigenvalue weighted by atomic mass is 16.5. The Morgan fingerprint density at radius 3 is 2.36 bits per heavy atom. The van der Waals surface area contributed by atoms with Crippen LogP contribution in [0.25, 0.3) is 33.1 Å². The van der Waals surface area contributed by atoms with E-state index in [0.29, 0.717) is 24.4 Å². The number of carbonyl (C=O) groups excluding carboxylic acids is 2. The third-order valence-electron chi connectivity index (χ3n) is 5.50. The van der Waals surface area contributed by atoms with Crippen molar-refractivity contribution in [2.75, 3.05) is 11.9 Å². The van der Waals surface area contributed by atoms with Crippen LogP contribution in [0, 0.1) is 0 Å². The van der Waals surface area contributed by atoms with Crippen LogP contribution in [0.3, 0.4) is 0 Å². The van der Waals surface area contributed by atoms with E-state index in [2.05, 4.69) is 5.32 Å². The molecule has 3 aromatic carbocycles. The molecule has 164 valence electrons. The van der Waals surface area contributed by atoms with E-state index in [4.69, 9.17) is 14.7 Å². The van der Waals surface area contributed by atoms with Crippen molar-refractivity contribution in [1.29, 1.82) is 0 Å². The first-order valence-corrected chi connectivity index (χ1v) is 10.8. The summed E-state index contributed by atoms with van der Waals surface area (Å²) in [5.41, 5.74) is 5.33. The fourth-order valence-electron chi connectivity index (χ4n) is 3.95. The minimum atomic E-state index is -0.379. The Labute approximate surface area is 190 Å². The Morgan fingerprint density at radius 2 is 1.61 bits per heavy atom. The van der Waals surface area contributed by atoms with E-state index in [1.165, 1.54) is 0 Å². The molecule has 0 unspecified atom stereocenters. The molecule has 0 saturated carbocycles. The Hall–Kier alpha value is -4.26. The summed E-state index contributed by atoms with van der Waals surface area (Å²) < 4.78 is 7.03. The summed E-state index contributed by atoms with van der Waals surface area (Å²) in [6.45, 7) is 2.54. The van der Waals surface area contributed by atoms with Crippen LogP contribution in [0.5, 0.6) is 0 Å². The van der Waals surface area contributed by atoms with Gasteiger partial charge in [0.1, 0.15) is 5.52 Å². The number of benzene rings is 3. The molecule has 1 N–H and O–H groups in total.